The number of nitrogens with zero attached hydrogens (tertiary/aromatic N) is 4. The number of pyridine rings is 2. The van der Waals surface area contributed by atoms with Gasteiger partial charge >= 0.3 is 0 Å². The summed E-state index contributed by atoms with van der Waals surface area (Å²) in [6.07, 6.45) is 7.42. The van der Waals surface area contributed by atoms with Gasteiger partial charge in [-0.2, -0.15) is 0 Å². The second-order valence-corrected chi connectivity index (χ2v) is 8.22. The molecule has 0 radical (unpaired) electrons. The molecule has 1 aliphatic rings. The summed E-state index contributed by atoms with van der Waals surface area (Å²) in [4.78, 5) is 23.4. The number of aromatic nitrogens is 3. The molecule has 7 heteroatoms. The van der Waals surface area contributed by atoms with Gasteiger partial charge in [-0.15, -0.1) is 0 Å². The number of carbonyl (C=O) groups is 1. The van der Waals surface area contributed by atoms with Gasteiger partial charge in [0.05, 0.1) is 11.2 Å². The maximum Gasteiger partial charge on any atom is 0.290 e. The lowest BCUT2D eigenvalue weighted by Crippen LogP contribution is -2.34. The highest BCUT2D eigenvalue weighted by atomic mass is 16.5. The SMILES string of the molecule is O=C(NCc1ccncc1)c1cc([C@@H]2CCCN(Cc3ccnc4ccccc34)C2)no1. The highest BCUT2D eigenvalue weighted by molar-refractivity contribution is 5.91. The van der Waals surface area contributed by atoms with Crippen LogP contribution in [0, 0.1) is 0 Å². The number of benzene rings is 1. The summed E-state index contributed by atoms with van der Waals surface area (Å²) >= 11 is 0. The number of rotatable bonds is 6. The maximum absolute atomic E-state index is 12.5. The fourth-order valence-electron chi connectivity index (χ4n) is 4.33. The van der Waals surface area contributed by atoms with Crippen molar-refractivity contribution in [2.45, 2.75) is 31.8 Å². The summed E-state index contributed by atoms with van der Waals surface area (Å²) in [5.41, 5.74) is 4.15. The van der Waals surface area contributed by atoms with E-state index in [1.807, 2.05) is 24.4 Å². The van der Waals surface area contributed by atoms with Gasteiger partial charge in [0.15, 0.2) is 0 Å². The van der Waals surface area contributed by atoms with Crippen LogP contribution in [-0.4, -0.2) is 39.0 Å². The Morgan fingerprint density at radius 1 is 1.12 bits per heavy atom. The van der Waals surface area contributed by atoms with Crippen LogP contribution in [0.15, 0.2) is 71.6 Å². The summed E-state index contributed by atoms with van der Waals surface area (Å²) in [7, 11) is 0. The highest BCUT2D eigenvalue weighted by Gasteiger charge is 2.25. The molecule has 0 aliphatic carbocycles. The lowest BCUT2D eigenvalue weighted by molar-refractivity contribution is 0.0913. The molecule has 1 saturated heterocycles. The first-order chi connectivity index (χ1) is 15.8. The van der Waals surface area contributed by atoms with Crippen molar-refractivity contribution < 1.29 is 9.32 Å². The molecule has 1 N–H and O–H groups in total. The molecule has 3 aromatic heterocycles. The molecular formula is C25H25N5O2. The molecule has 1 amide bonds. The third kappa shape index (κ3) is 4.53. The average Bonchev–Trinajstić information content (AvgIpc) is 3.34. The summed E-state index contributed by atoms with van der Waals surface area (Å²) in [5.74, 6) is 0.255. The molecular weight excluding hydrogens is 402 g/mol. The van der Waals surface area contributed by atoms with Crippen LogP contribution in [0.25, 0.3) is 10.9 Å². The predicted molar refractivity (Wildman–Crippen MR) is 121 cm³/mol. The van der Waals surface area contributed by atoms with E-state index in [-0.39, 0.29) is 17.6 Å². The fourth-order valence-corrected chi connectivity index (χ4v) is 4.33. The minimum Gasteiger partial charge on any atom is -0.351 e. The van der Waals surface area contributed by atoms with Crippen molar-refractivity contribution in [2.75, 3.05) is 13.1 Å². The van der Waals surface area contributed by atoms with Crippen molar-refractivity contribution in [3.63, 3.8) is 0 Å². The minimum atomic E-state index is -0.253. The number of amides is 1. The number of likely N-dealkylation sites (tertiary alicyclic amines) is 1. The Morgan fingerprint density at radius 2 is 2.00 bits per heavy atom. The number of hydrogen-bond donors (Lipinski definition) is 1. The Bertz CT molecular complexity index is 1200. The summed E-state index contributed by atoms with van der Waals surface area (Å²) in [6, 6.07) is 15.9. The van der Waals surface area contributed by atoms with Crippen molar-refractivity contribution in [3.8, 4) is 0 Å². The standard InChI is InChI=1S/C25H25N5O2/c31-25(28-15-18-7-10-26-11-8-18)24-14-23(29-32-24)20-4-3-13-30(17-20)16-19-9-12-27-22-6-2-1-5-21(19)22/h1-2,5-12,14,20H,3-4,13,15-17H2,(H,28,31)/t20-/m1/s1. The van der Waals surface area contributed by atoms with Crippen molar-refractivity contribution in [1.82, 2.24) is 25.3 Å². The van der Waals surface area contributed by atoms with Crippen LogP contribution >= 0.6 is 0 Å². The highest BCUT2D eigenvalue weighted by Crippen LogP contribution is 2.28. The van der Waals surface area contributed by atoms with Crippen molar-refractivity contribution in [3.05, 3.63) is 89.7 Å². The zero-order chi connectivity index (χ0) is 21.8. The van der Waals surface area contributed by atoms with Crippen LogP contribution < -0.4 is 5.32 Å². The van der Waals surface area contributed by atoms with Gasteiger partial charge in [0.1, 0.15) is 0 Å². The summed E-state index contributed by atoms with van der Waals surface area (Å²) in [6.45, 7) is 3.23. The molecule has 5 rings (SSSR count). The third-order valence-electron chi connectivity index (χ3n) is 6.01. The molecule has 0 saturated carbocycles. The molecule has 0 spiro atoms. The van der Waals surface area contributed by atoms with E-state index < -0.39 is 0 Å². The van der Waals surface area contributed by atoms with E-state index >= 15 is 0 Å². The smallest absolute Gasteiger partial charge is 0.290 e. The van der Waals surface area contributed by atoms with Gasteiger partial charge in [-0.3, -0.25) is 19.7 Å². The van der Waals surface area contributed by atoms with E-state index in [0.29, 0.717) is 6.54 Å². The maximum atomic E-state index is 12.5. The quantitative estimate of drug-likeness (QED) is 0.502. The first kappa shape index (κ1) is 20.3. The Morgan fingerprint density at radius 3 is 2.91 bits per heavy atom. The molecule has 0 unspecified atom stereocenters. The molecule has 7 nitrogen and oxygen atoms in total. The van der Waals surface area contributed by atoms with E-state index in [0.717, 1.165) is 49.2 Å². The second kappa shape index (κ2) is 9.28. The number of para-hydroxylation sites is 1. The van der Waals surface area contributed by atoms with Gasteiger partial charge in [-0.25, -0.2) is 0 Å². The topological polar surface area (TPSA) is 84.2 Å². The average molecular weight is 428 g/mol. The molecule has 0 bridgehead atoms. The Labute approximate surface area is 186 Å². The third-order valence-corrected chi connectivity index (χ3v) is 6.01. The molecule has 32 heavy (non-hydrogen) atoms. The van der Waals surface area contributed by atoms with Crippen LogP contribution in [0.1, 0.15) is 46.1 Å². The minimum absolute atomic E-state index is 0.252. The zero-order valence-electron chi connectivity index (χ0n) is 17.8. The second-order valence-electron chi connectivity index (χ2n) is 8.22. The molecule has 1 atom stereocenters. The van der Waals surface area contributed by atoms with E-state index in [1.165, 1.54) is 10.9 Å². The normalized spacial score (nSPS) is 16.8. The number of piperidine rings is 1. The van der Waals surface area contributed by atoms with Gasteiger partial charge in [0.2, 0.25) is 5.76 Å². The van der Waals surface area contributed by atoms with Crippen LogP contribution in [-0.2, 0) is 13.1 Å². The van der Waals surface area contributed by atoms with E-state index in [2.05, 4.69) is 49.6 Å². The van der Waals surface area contributed by atoms with Crippen molar-refractivity contribution >= 4 is 16.8 Å². The van der Waals surface area contributed by atoms with Gasteiger partial charge in [-0.05, 0) is 54.8 Å². The lowest BCUT2D eigenvalue weighted by Gasteiger charge is -2.32. The van der Waals surface area contributed by atoms with Crippen LogP contribution in [0.4, 0.5) is 0 Å². The van der Waals surface area contributed by atoms with Gasteiger partial charge in [0.25, 0.3) is 5.91 Å². The fraction of sp³-hybridized carbons (Fsp3) is 0.280. The van der Waals surface area contributed by atoms with E-state index in [4.69, 9.17) is 4.52 Å². The van der Waals surface area contributed by atoms with Crippen LogP contribution in [0.3, 0.4) is 0 Å². The molecule has 1 fully saturated rings. The molecule has 4 heterocycles. The lowest BCUT2D eigenvalue weighted by atomic mass is 9.94. The van der Waals surface area contributed by atoms with Gasteiger partial charge in [-0.1, -0.05) is 23.4 Å². The van der Waals surface area contributed by atoms with Crippen LogP contribution in [0.5, 0.6) is 0 Å². The Hall–Kier alpha value is -3.58. The monoisotopic (exact) mass is 427 g/mol. The van der Waals surface area contributed by atoms with Crippen molar-refractivity contribution in [1.29, 1.82) is 0 Å². The Balaban J connectivity index is 1.23. The molecule has 1 aliphatic heterocycles. The molecule has 162 valence electrons. The number of nitrogens with one attached hydrogen (secondary N) is 1. The number of carbonyl (C=O) groups excluding carboxylic acids is 1. The number of hydrogen-bond acceptors (Lipinski definition) is 6. The van der Waals surface area contributed by atoms with Crippen LogP contribution in [0.2, 0.25) is 0 Å². The van der Waals surface area contributed by atoms with E-state index in [9.17, 15) is 4.79 Å². The first-order valence-corrected chi connectivity index (χ1v) is 10.9. The number of fused-ring (bicyclic) bond motifs is 1. The Kier molecular flexibility index (Phi) is 5.89. The van der Waals surface area contributed by atoms with E-state index in [1.54, 1.807) is 18.5 Å². The first-order valence-electron chi connectivity index (χ1n) is 10.9. The largest absolute Gasteiger partial charge is 0.351 e. The van der Waals surface area contributed by atoms with Gasteiger partial charge in [0, 0.05) is 55.6 Å². The molecule has 4 aromatic rings. The summed E-state index contributed by atoms with van der Waals surface area (Å²) in [5, 5.41) is 8.30. The summed E-state index contributed by atoms with van der Waals surface area (Å²) < 4.78 is 5.38. The van der Waals surface area contributed by atoms with Gasteiger partial charge < -0.3 is 9.84 Å². The van der Waals surface area contributed by atoms with Crippen molar-refractivity contribution in [2.24, 2.45) is 0 Å². The zero-order valence-corrected chi connectivity index (χ0v) is 17.8. The molecule has 1 aromatic carbocycles. The predicted octanol–water partition coefficient (Wildman–Crippen LogP) is 3.93.